The summed E-state index contributed by atoms with van der Waals surface area (Å²) in [5.74, 6) is 0. The van der Waals surface area contributed by atoms with Crippen LogP contribution in [-0.2, 0) is 0 Å². The van der Waals surface area contributed by atoms with Gasteiger partial charge in [-0.15, -0.1) is 11.3 Å². The van der Waals surface area contributed by atoms with Crippen LogP contribution in [0.2, 0.25) is 5.15 Å². The lowest BCUT2D eigenvalue weighted by atomic mass is 10.2. The Morgan fingerprint density at radius 2 is 2.38 bits per heavy atom. The van der Waals surface area contributed by atoms with Crippen molar-refractivity contribution in [1.29, 1.82) is 0 Å². The summed E-state index contributed by atoms with van der Waals surface area (Å²) in [6, 6.07) is 1.88. The van der Waals surface area contributed by atoms with Gasteiger partial charge >= 0.3 is 0 Å². The van der Waals surface area contributed by atoms with E-state index >= 15 is 0 Å². The van der Waals surface area contributed by atoms with Crippen molar-refractivity contribution in [3.8, 4) is 0 Å². The number of thiophene rings is 1. The van der Waals surface area contributed by atoms with E-state index in [0.717, 1.165) is 17.7 Å². The molecule has 84 valence electrons. The Labute approximate surface area is 104 Å². The topological polar surface area (TPSA) is 24.9 Å². The van der Waals surface area contributed by atoms with Crippen LogP contribution in [0.4, 0.5) is 5.69 Å². The number of aromatic nitrogens is 1. The first-order valence-electron chi connectivity index (χ1n) is 5.11. The van der Waals surface area contributed by atoms with Crippen LogP contribution in [-0.4, -0.2) is 11.5 Å². The summed E-state index contributed by atoms with van der Waals surface area (Å²) in [5.41, 5.74) is 3.24. The normalized spacial score (nSPS) is 11.4. The van der Waals surface area contributed by atoms with Gasteiger partial charge in [0.05, 0.1) is 15.9 Å². The van der Waals surface area contributed by atoms with Crippen molar-refractivity contribution in [2.45, 2.75) is 13.8 Å². The van der Waals surface area contributed by atoms with Gasteiger partial charge < -0.3 is 5.32 Å². The Morgan fingerprint density at radius 3 is 3.12 bits per heavy atom. The van der Waals surface area contributed by atoms with Crippen LogP contribution < -0.4 is 5.32 Å². The van der Waals surface area contributed by atoms with Crippen molar-refractivity contribution in [2.24, 2.45) is 0 Å². The van der Waals surface area contributed by atoms with Gasteiger partial charge in [0.15, 0.2) is 0 Å². The maximum absolute atomic E-state index is 6.00. The van der Waals surface area contributed by atoms with Gasteiger partial charge in [0.25, 0.3) is 0 Å². The SMILES string of the molecule is C/C=C/CNc1cc(Cl)nc2c(C)csc12. The molecular weight excluding hydrogens is 240 g/mol. The standard InChI is InChI=1S/C12H13ClN2S/c1-3-4-5-14-9-6-10(13)15-11-8(2)7-16-12(9)11/h3-4,6-7H,5H2,1-2H3,(H,14,15)/b4-3+. The third-order valence-corrected chi connectivity index (χ3v) is 3.63. The van der Waals surface area contributed by atoms with Crippen LogP contribution in [0.3, 0.4) is 0 Å². The van der Waals surface area contributed by atoms with E-state index in [0.29, 0.717) is 5.15 Å². The van der Waals surface area contributed by atoms with Crippen LogP contribution in [0.1, 0.15) is 12.5 Å². The summed E-state index contributed by atoms with van der Waals surface area (Å²) in [4.78, 5) is 4.34. The van der Waals surface area contributed by atoms with Crippen LogP contribution in [0.5, 0.6) is 0 Å². The second kappa shape index (κ2) is 4.85. The molecule has 0 unspecified atom stereocenters. The average Bonchev–Trinajstić information content (AvgIpc) is 2.61. The highest BCUT2D eigenvalue weighted by Gasteiger charge is 2.08. The molecule has 2 aromatic rings. The Bertz CT molecular complexity index is 531. The van der Waals surface area contributed by atoms with Gasteiger partial charge in [0.1, 0.15) is 5.15 Å². The van der Waals surface area contributed by atoms with Crippen LogP contribution in [0.15, 0.2) is 23.6 Å². The molecule has 1 N–H and O–H groups in total. The number of hydrogen-bond donors (Lipinski definition) is 1. The smallest absolute Gasteiger partial charge is 0.131 e. The monoisotopic (exact) mass is 252 g/mol. The Balaban J connectivity index is 2.43. The first kappa shape index (κ1) is 11.4. The van der Waals surface area contributed by atoms with Gasteiger partial charge in [0.2, 0.25) is 0 Å². The molecule has 16 heavy (non-hydrogen) atoms. The molecule has 0 aliphatic heterocycles. The molecule has 0 saturated heterocycles. The largest absolute Gasteiger partial charge is 0.380 e. The van der Waals surface area contributed by atoms with Crippen molar-refractivity contribution in [3.05, 3.63) is 34.3 Å². The van der Waals surface area contributed by atoms with Crippen molar-refractivity contribution in [2.75, 3.05) is 11.9 Å². The van der Waals surface area contributed by atoms with Crippen LogP contribution >= 0.6 is 22.9 Å². The van der Waals surface area contributed by atoms with Crippen molar-refractivity contribution < 1.29 is 0 Å². The molecule has 0 saturated carbocycles. The number of halogens is 1. The molecule has 4 heteroatoms. The molecule has 0 fully saturated rings. The second-order valence-electron chi connectivity index (χ2n) is 3.54. The maximum atomic E-state index is 6.00. The number of nitrogens with one attached hydrogen (secondary N) is 1. The van der Waals surface area contributed by atoms with E-state index in [1.807, 2.05) is 19.1 Å². The number of fused-ring (bicyclic) bond motifs is 1. The molecule has 0 radical (unpaired) electrons. The zero-order valence-electron chi connectivity index (χ0n) is 9.25. The summed E-state index contributed by atoms with van der Waals surface area (Å²) < 4.78 is 1.17. The first-order chi connectivity index (χ1) is 7.72. The lowest BCUT2D eigenvalue weighted by molar-refractivity contribution is 1.32. The molecule has 0 spiro atoms. The van der Waals surface area contributed by atoms with Crippen molar-refractivity contribution in [3.63, 3.8) is 0 Å². The van der Waals surface area contributed by atoms with Gasteiger partial charge in [0, 0.05) is 12.6 Å². The fourth-order valence-corrected chi connectivity index (χ4v) is 2.69. The van der Waals surface area contributed by atoms with Gasteiger partial charge in [-0.25, -0.2) is 4.98 Å². The summed E-state index contributed by atoms with van der Waals surface area (Å²) in [5, 5.41) is 5.99. The third kappa shape index (κ3) is 2.20. The lowest BCUT2D eigenvalue weighted by Crippen LogP contribution is -1.98. The average molecular weight is 253 g/mol. The fraction of sp³-hybridized carbons (Fsp3) is 0.250. The molecule has 0 amide bonds. The minimum absolute atomic E-state index is 0.539. The quantitative estimate of drug-likeness (QED) is 0.653. The number of pyridine rings is 1. The number of aryl methyl sites for hydroxylation is 1. The third-order valence-electron chi connectivity index (χ3n) is 2.31. The first-order valence-corrected chi connectivity index (χ1v) is 6.37. The summed E-state index contributed by atoms with van der Waals surface area (Å²) in [7, 11) is 0. The Kier molecular flexibility index (Phi) is 3.46. The van der Waals surface area contributed by atoms with Gasteiger partial charge in [-0.2, -0.15) is 0 Å². The fourth-order valence-electron chi connectivity index (χ4n) is 1.51. The molecule has 0 aliphatic rings. The van der Waals surface area contributed by atoms with E-state index in [4.69, 9.17) is 11.6 Å². The molecule has 0 aromatic carbocycles. The minimum Gasteiger partial charge on any atom is -0.380 e. The van der Waals surface area contributed by atoms with E-state index in [9.17, 15) is 0 Å². The predicted molar refractivity (Wildman–Crippen MR) is 72.7 cm³/mol. The number of hydrogen-bond acceptors (Lipinski definition) is 3. The number of nitrogens with zero attached hydrogens (tertiary/aromatic N) is 1. The van der Waals surface area contributed by atoms with E-state index < -0.39 is 0 Å². The molecule has 0 bridgehead atoms. The zero-order chi connectivity index (χ0) is 11.5. The van der Waals surface area contributed by atoms with E-state index in [1.165, 1.54) is 10.3 Å². The highest BCUT2D eigenvalue weighted by molar-refractivity contribution is 7.18. The van der Waals surface area contributed by atoms with Gasteiger partial charge in [-0.3, -0.25) is 0 Å². The van der Waals surface area contributed by atoms with Gasteiger partial charge in [-0.05, 0) is 24.8 Å². The molecule has 0 aliphatic carbocycles. The molecule has 2 rings (SSSR count). The molecule has 2 nitrogen and oxygen atoms in total. The number of allylic oxidation sites excluding steroid dienone is 1. The summed E-state index contributed by atoms with van der Waals surface area (Å²) in [6.07, 6.45) is 4.09. The van der Waals surface area contributed by atoms with Crippen molar-refractivity contribution in [1.82, 2.24) is 4.98 Å². The number of anilines is 1. The zero-order valence-corrected chi connectivity index (χ0v) is 10.8. The molecule has 2 aromatic heterocycles. The highest BCUT2D eigenvalue weighted by Crippen LogP contribution is 2.32. The van der Waals surface area contributed by atoms with Gasteiger partial charge in [-0.1, -0.05) is 23.8 Å². The van der Waals surface area contributed by atoms with Crippen molar-refractivity contribution >= 4 is 38.8 Å². The van der Waals surface area contributed by atoms with E-state index in [1.54, 1.807) is 11.3 Å². The molecular formula is C12H13ClN2S. The highest BCUT2D eigenvalue weighted by atomic mass is 35.5. The maximum Gasteiger partial charge on any atom is 0.131 e. The van der Waals surface area contributed by atoms with E-state index in [2.05, 4.69) is 28.7 Å². The lowest BCUT2D eigenvalue weighted by Gasteiger charge is -2.05. The summed E-state index contributed by atoms with van der Waals surface area (Å²) in [6.45, 7) is 4.87. The van der Waals surface area contributed by atoms with Crippen LogP contribution in [0, 0.1) is 6.92 Å². The van der Waals surface area contributed by atoms with Crippen LogP contribution in [0.25, 0.3) is 10.2 Å². The van der Waals surface area contributed by atoms with E-state index in [-0.39, 0.29) is 0 Å². The second-order valence-corrected chi connectivity index (χ2v) is 4.81. The molecule has 2 heterocycles. The number of rotatable bonds is 3. The Hall–Kier alpha value is -1.06. The predicted octanol–water partition coefficient (Wildman–Crippen LogP) is 4.25. The Morgan fingerprint density at radius 1 is 1.56 bits per heavy atom. The summed E-state index contributed by atoms with van der Waals surface area (Å²) >= 11 is 7.70. The molecule has 0 atom stereocenters. The minimum atomic E-state index is 0.539.